The van der Waals surface area contributed by atoms with E-state index in [0.29, 0.717) is 6.61 Å². The highest BCUT2D eigenvalue weighted by Crippen LogP contribution is 2.28. The summed E-state index contributed by atoms with van der Waals surface area (Å²) >= 11 is 0. The Morgan fingerprint density at radius 3 is 2.50 bits per heavy atom. The van der Waals surface area contributed by atoms with Gasteiger partial charge in [-0.3, -0.25) is 9.59 Å². The van der Waals surface area contributed by atoms with Gasteiger partial charge in [0.2, 0.25) is 5.91 Å². The van der Waals surface area contributed by atoms with Crippen LogP contribution in [0.3, 0.4) is 0 Å². The highest BCUT2D eigenvalue weighted by Gasteiger charge is 2.47. The van der Waals surface area contributed by atoms with Crippen molar-refractivity contribution in [1.29, 1.82) is 0 Å². The highest BCUT2D eigenvalue weighted by molar-refractivity contribution is 5.78. The number of aliphatic carboxylic acids is 1. The normalized spacial score (nSPS) is 33.0. The number of amides is 1. The fourth-order valence-corrected chi connectivity index (χ4v) is 2.77. The van der Waals surface area contributed by atoms with E-state index in [4.69, 9.17) is 14.6 Å². The summed E-state index contributed by atoms with van der Waals surface area (Å²) in [6, 6.07) is -0.287. The number of carbonyl (C=O) groups is 2. The maximum atomic E-state index is 12.0. The summed E-state index contributed by atoms with van der Waals surface area (Å²) in [5.41, 5.74) is -0.606. The first-order valence-electron chi connectivity index (χ1n) is 6.71. The third-order valence-corrected chi connectivity index (χ3v) is 3.64. The molecule has 20 heavy (non-hydrogen) atoms. The van der Waals surface area contributed by atoms with Crippen LogP contribution in [0, 0.1) is 5.41 Å². The number of carbonyl (C=O) groups excluding carboxylic acids is 1. The molecular weight excluding hydrogens is 266 g/mol. The molecule has 0 unspecified atom stereocenters. The number of nitrogens with one attached hydrogen (secondary N) is 1. The van der Waals surface area contributed by atoms with Crippen molar-refractivity contribution >= 4 is 11.9 Å². The van der Waals surface area contributed by atoms with E-state index in [0.717, 1.165) is 0 Å². The lowest BCUT2D eigenvalue weighted by Crippen LogP contribution is -2.45. The molecule has 7 heteroatoms. The van der Waals surface area contributed by atoms with Crippen molar-refractivity contribution in [3.8, 4) is 0 Å². The summed E-state index contributed by atoms with van der Waals surface area (Å²) in [6.07, 6.45) is -1.30. The van der Waals surface area contributed by atoms with Crippen molar-refractivity contribution < 1.29 is 29.3 Å². The molecule has 0 spiro atoms. The van der Waals surface area contributed by atoms with E-state index >= 15 is 0 Å². The van der Waals surface area contributed by atoms with E-state index in [1.807, 2.05) is 0 Å². The summed E-state index contributed by atoms with van der Waals surface area (Å²) in [7, 11) is 0. The second kappa shape index (κ2) is 5.67. The monoisotopic (exact) mass is 287 g/mol. The lowest BCUT2D eigenvalue weighted by atomic mass is 9.85. The van der Waals surface area contributed by atoms with E-state index in [1.165, 1.54) is 0 Å². The average molecular weight is 287 g/mol. The van der Waals surface area contributed by atoms with Crippen LogP contribution in [0.5, 0.6) is 0 Å². The van der Waals surface area contributed by atoms with Crippen LogP contribution < -0.4 is 5.32 Å². The lowest BCUT2D eigenvalue weighted by molar-refractivity contribution is -0.139. The Bertz CT molecular complexity index is 396. The van der Waals surface area contributed by atoms with Crippen LogP contribution in [0.1, 0.15) is 26.7 Å². The first kappa shape index (κ1) is 15.2. The molecule has 2 fully saturated rings. The maximum absolute atomic E-state index is 12.0. The van der Waals surface area contributed by atoms with Crippen molar-refractivity contribution in [3.05, 3.63) is 0 Å². The van der Waals surface area contributed by atoms with Crippen LogP contribution in [0.25, 0.3) is 0 Å². The first-order valence-corrected chi connectivity index (χ1v) is 6.71. The second-order valence-corrected chi connectivity index (χ2v) is 6.25. The number of ether oxygens (including phenoxy) is 2. The zero-order chi connectivity index (χ0) is 14.9. The summed E-state index contributed by atoms with van der Waals surface area (Å²) in [5, 5.41) is 21.2. The van der Waals surface area contributed by atoms with Crippen LogP contribution in [-0.4, -0.2) is 59.7 Å². The molecule has 0 aromatic rings. The van der Waals surface area contributed by atoms with Crippen molar-refractivity contribution in [2.24, 2.45) is 5.41 Å². The molecule has 1 amide bonds. The Hall–Kier alpha value is -1.18. The number of rotatable bonds is 5. The fourth-order valence-electron chi connectivity index (χ4n) is 2.77. The molecule has 0 aromatic carbocycles. The van der Waals surface area contributed by atoms with Crippen LogP contribution in [0.4, 0.5) is 0 Å². The quantitative estimate of drug-likeness (QED) is 0.631. The SMILES string of the molecule is CC(C)(CC(=O)O)CC(=O)N[C@H]1CO[C@H]2[C@@H]1OC[C@H]2O. The molecule has 4 atom stereocenters. The lowest BCUT2D eigenvalue weighted by Gasteiger charge is -2.24. The molecular formula is C13H21NO6. The van der Waals surface area contributed by atoms with Gasteiger partial charge in [-0.2, -0.15) is 0 Å². The summed E-state index contributed by atoms with van der Waals surface area (Å²) in [5.74, 6) is -1.15. The Labute approximate surface area is 117 Å². The van der Waals surface area contributed by atoms with Gasteiger partial charge < -0.3 is 25.0 Å². The topological polar surface area (TPSA) is 105 Å². The standard InChI is InChI=1S/C13H21NO6/c1-13(2,4-10(17)18)3-9(16)14-7-5-19-12-8(15)6-20-11(7)12/h7-8,11-12,15H,3-6H2,1-2H3,(H,14,16)(H,17,18)/t7-,8+,11+,12+/m0/s1. The predicted octanol–water partition coefficient (Wildman–Crippen LogP) is -0.479. The molecule has 0 aromatic heterocycles. The zero-order valence-electron chi connectivity index (χ0n) is 11.7. The van der Waals surface area contributed by atoms with Crippen LogP contribution in [-0.2, 0) is 19.1 Å². The van der Waals surface area contributed by atoms with Gasteiger partial charge in [-0.15, -0.1) is 0 Å². The predicted molar refractivity (Wildman–Crippen MR) is 68.1 cm³/mol. The fraction of sp³-hybridized carbons (Fsp3) is 0.846. The van der Waals surface area contributed by atoms with Crippen molar-refractivity contribution in [2.45, 2.75) is 51.0 Å². The smallest absolute Gasteiger partial charge is 0.303 e. The number of carboxylic acid groups (broad SMARTS) is 1. The number of fused-ring (bicyclic) bond motifs is 1. The molecule has 2 aliphatic heterocycles. The Kier molecular flexibility index (Phi) is 4.31. The van der Waals surface area contributed by atoms with Gasteiger partial charge >= 0.3 is 5.97 Å². The van der Waals surface area contributed by atoms with Gasteiger partial charge in [-0.05, 0) is 5.41 Å². The van der Waals surface area contributed by atoms with Gasteiger partial charge in [0.05, 0.1) is 25.7 Å². The van der Waals surface area contributed by atoms with E-state index in [-0.39, 0.29) is 43.6 Å². The minimum atomic E-state index is -0.922. The third kappa shape index (κ3) is 3.47. The zero-order valence-corrected chi connectivity index (χ0v) is 11.7. The minimum Gasteiger partial charge on any atom is -0.481 e. The van der Waals surface area contributed by atoms with Gasteiger partial charge in [0.1, 0.15) is 18.3 Å². The van der Waals surface area contributed by atoms with Gasteiger partial charge in [0, 0.05) is 6.42 Å². The first-order chi connectivity index (χ1) is 9.28. The van der Waals surface area contributed by atoms with Crippen LogP contribution in [0.15, 0.2) is 0 Å². The van der Waals surface area contributed by atoms with Gasteiger partial charge in [0.15, 0.2) is 0 Å². The molecule has 2 aliphatic rings. The molecule has 2 saturated heterocycles. The van der Waals surface area contributed by atoms with Crippen LogP contribution in [0.2, 0.25) is 0 Å². The van der Waals surface area contributed by atoms with E-state index in [2.05, 4.69) is 5.32 Å². The number of hydrogen-bond acceptors (Lipinski definition) is 5. The second-order valence-electron chi connectivity index (χ2n) is 6.25. The largest absolute Gasteiger partial charge is 0.481 e. The summed E-state index contributed by atoms with van der Waals surface area (Å²) in [6.45, 7) is 4.00. The van der Waals surface area contributed by atoms with Gasteiger partial charge in [-0.1, -0.05) is 13.8 Å². The van der Waals surface area contributed by atoms with Crippen LogP contribution >= 0.6 is 0 Å². The van der Waals surface area contributed by atoms with E-state index in [9.17, 15) is 14.7 Å². The number of hydrogen-bond donors (Lipinski definition) is 3. The summed E-state index contributed by atoms with van der Waals surface area (Å²) in [4.78, 5) is 22.7. The van der Waals surface area contributed by atoms with Gasteiger partial charge in [-0.25, -0.2) is 0 Å². The van der Waals surface area contributed by atoms with Crippen molar-refractivity contribution in [2.75, 3.05) is 13.2 Å². The highest BCUT2D eigenvalue weighted by atomic mass is 16.6. The molecule has 0 bridgehead atoms. The van der Waals surface area contributed by atoms with E-state index < -0.39 is 17.5 Å². The van der Waals surface area contributed by atoms with Crippen molar-refractivity contribution in [1.82, 2.24) is 5.32 Å². The molecule has 0 aliphatic carbocycles. The molecule has 114 valence electrons. The van der Waals surface area contributed by atoms with Crippen molar-refractivity contribution in [3.63, 3.8) is 0 Å². The molecule has 2 heterocycles. The molecule has 0 saturated carbocycles. The minimum absolute atomic E-state index is 0.0666. The third-order valence-electron chi connectivity index (χ3n) is 3.64. The average Bonchev–Trinajstić information content (AvgIpc) is 2.81. The van der Waals surface area contributed by atoms with Gasteiger partial charge in [0.25, 0.3) is 0 Å². The maximum Gasteiger partial charge on any atom is 0.303 e. The Morgan fingerprint density at radius 2 is 1.85 bits per heavy atom. The summed E-state index contributed by atoms with van der Waals surface area (Å²) < 4.78 is 10.8. The molecule has 2 rings (SSSR count). The molecule has 0 radical (unpaired) electrons. The number of aliphatic hydroxyl groups is 1. The molecule has 3 N–H and O–H groups in total. The Morgan fingerprint density at radius 1 is 1.20 bits per heavy atom. The van der Waals surface area contributed by atoms with E-state index in [1.54, 1.807) is 13.8 Å². The number of aliphatic hydroxyl groups excluding tert-OH is 1. The Balaban J connectivity index is 1.85. The molecule has 7 nitrogen and oxygen atoms in total. The number of carboxylic acids is 1.